The Bertz CT molecular complexity index is 1050. The Hall–Kier alpha value is -2.58. The summed E-state index contributed by atoms with van der Waals surface area (Å²) in [6.07, 6.45) is 5.08. The first-order valence-corrected chi connectivity index (χ1v) is 11.7. The van der Waals surface area contributed by atoms with Crippen LogP contribution in [0.5, 0.6) is 0 Å². The number of aryl methyl sites for hydroxylation is 1. The summed E-state index contributed by atoms with van der Waals surface area (Å²) in [4.78, 5) is 31.0. The van der Waals surface area contributed by atoms with Crippen molar-refractivity contribution in [3.8, 4) is 0 Å². The normalized spacial score (nSPS) is 21.7. The van der Waals surface area contributed by atoms with Gasteiger partial charge in [-0.25, -0.2) is 13.1 Å². The molecule has 0 spiro atoms. The Morgan fingerprint density at radius 3 is 2.40 bits per heavy atom. The molecular formula is C22H25N3O4S. The van der Waals surface area contributed by atoms with E-state index < -0.39 is 10.0 Å². The SMILES string of the molecule is Cc1ccc(CN2C(=O)[C@@H]3CCCC[C@H]3C2=O)cc1S(=O)(=O)NCc1ccccn1. The number of pyridine rings is 1. The number of hydrogen-bond donors (Lipinski definition) is 1. The summed E-state index contributed by atoms with van der Waals surface area (Å²) >= 11 is 0. The molecule has 2 aromatic rings. The summed E-state index contributed by atoms with van der Waals surface area (Å²) < 4.78 is 28.3. The maximum Gasteiger partial charge on any atom is 0.241 e. The quantitative estimate of drug-likeness (QED) is 0.715. The molecule has 158 valence electrons. The second kappa shape index (κ2) is 8.28. The lowest BCUT2D eigenvalue weighted by atomic mass is 9.81. The minimum Gasteiger partial charge on any atom is -0.278 e. The zero-order chi connectivity index (χ0) is 21.3. The van der Waals surface area contributed by atoms with Gasteiger partial charge in [-0.15, -0.1) is 0 Å². The fourth-order valence-corrected chi connectivity index (χ4v) is 5.64. The molecule has 0 unspecified atom stereocenters. The van der Waals surface area contributed by atoms with Crippen molar-refractivity contribution in [2.45, 2.75) is 50.6 Å². The van der Waals surface area contributed by atoms with Crippen LogP contribution in [0.2, 0.25) is 0 Å². The van der Waals surface area contributed by atoms with Gasteiger partial charge in [0.2, 0.25) is 21.8 Å². The molecule has 2 atom stereocenters. The maximum atomic E-state index is 12.9. The number of imide groups is 1. The Kier molecular flexibility index (Phi) is 5.71. The molecule has 30 heavy (non-hydrogen) atoms. The lowest BCUT2D eigenvalue weighted by Gasteiger charge is -2.19. The largest absolute Gasteiger partial charge is 0.278 e. The van der Waals surface area contributed by atoms with E-state index in [4.69, 9.17) is 0 Å². The van der Waals surface area contributed by atoms with Gasteiger partial charge >= 0.3 is 0 Å². The standard InChI is InChI=1S/C22H25N3O4S/c1-15-9-10-16(14-25-21(26)18-7-2-3-8-19(18)22(25)27)12-20(15)30(28,29)24-13-17-6-4-5-11-23-17/h4-6,9-12,18-19,24H,2-3,7-8,13-14H2,1H3/t18-,19-/m1/s1. The number of amides is 2. The highest BCUT2D eigenvalue weighted by atomic mass is 32.2. The van der Waals surface area contributed by atoms with E-state index >= 15 is 0 Å². The molecule has 1 saturated carbocycles. The van der Waals surface area contributed by atoms with E-state index in [1.54, 1.807) is 49.5 Å². The molecule has 1 N–H and O–H groups in total. The number of nitrogens with zero attached hydrogens (tertiary/aromatic N) is 2. The third-order valence-electron chi connectivity index (χ3n) is 5.98. The average Bonchev–Trinajstić information content (AvgIpc) is 2.99. The second-order valence-electron chi connectivity index (χ2n) is 8.01. The Balaban J connectivity index is 1.53. The molecular weight excluding hydrogens is 402 g/mol. The first kappa shape index (κ1) is 20.7. The molecule has 1 aliphatic heterocycles. The van der Waals surface area contributed by atoms with Crippen LogP contribution in [0, 0.1) is 18.8 Å². The summed E-state index contributed by atoms with van der Waals surface area (Å²) in [5.41, 5.74) is 1.84. The smallest absolute Gasteiger partial charge is 0.241 e. The number of aromatic nitrogens is 1. The van der Waals surface area contributed by atoms with Crippen molar-refractivity contribution in [2.24, 2.45) is 11.8 Å². The number of rotatable bonds is 6. The molecule has 4 rings (SSSR count). The zero-order valence-electron chi connectivity index (χ0n) is 16.9. The highest BCUT2D eigenvalue weighted by molar-refractivity contribution is 7.89. The van der Waals surface area contributed by atoms with Crippen LogP contribution < -0.4 is 4.72 Å². The number of fused-ring (bicyclic) bond motifs is 1. The highest BCUT2D eigenvalue weighted by Crippen LogP contribution is 2.38. The zero-order valence-corrected chi connectivity index (χ0v) is 17.7. The van der Waals surface area contributed by atoms with Crippen LogP contribution in [0.4, 0.5) is 0 Å². The van der Waals surface area contributed by atoms with Crippen molar-refractivity contribution in [1.82, 2.24) is 14.6 Å². The minimum atomic E-state index is -3.77. The molecule has 1 saturated heterocycles. The van der Waals surface area contributed by atoms with Gasteiger partial charge in [0.05, 0.1) is 35.5 Å². The van der Waals surface area contributed by atoms with Crippen LogP contribution >= 0.6 is 0 Å². The van der Waals surface area contributed by atoms with Crippen molar-refractivity contribution in [3.05, 3.63) is 59.4 Å². The molecule has 0 radical (unpaired) electrons. The minimum absolute atomic E-state index is 0.0826. The number of likely N-dealkylation sites (tertiary alicyclic amines) is 1. The monoisotopic (exact) mass is 427 g/mol. The Morgan fingerprint density at radius 2 is 1.77 bits per heavy atom. The molecule has 2 amide bonds. The van der Waals surface area contributed by atoms with E-state index in [1.807, 2.05) is 0 Å². The van der Waals surface area contributed by atoms with Crippen LogP contribution in [-0.2, 0) is 32.7 Å². The van der Waals surface area contributed by atoms with E-state index in [0.717, 1.165) is 25.7 Å². The lowest BCUT2D eigenvalue weighted by Crippen LogP contribution is -2.30. The molecule has 1 aliphatic carbocycles. The third-order valence-corrected chi connectivity index (χ3v) is 7.53. The fraction of sp³-hybridized carbons (Fsp3) is 0.409. The van der Waals surface area contributed by atoms with Gasteiger partial charge < -0.3 is 0 Å². The first-order valence-electron chi connectivity index (χ1n) is 10.2. The number of benzene rings is 1. The topological polar surface area (TPSA) is 96.4 Å². The summed E-state index contributed by atoms with van der Waals surface area (Å²) in [5.74, 6) is -0.661. The Morgan fingerprint density at radius 1 is 1.07 bits per heavy atom. The van der Waals surface area contributed by atoms with Crippen molar-refractivity contribution >= 4 is 21.8 Å². The number of carbonyl (C=O) groups is 2. The predicted octanol–water partition coefficient (Wildman–Crippen LogP) is 2.54. The first-order chi connectivity index (χ1) is 14.4. The predicted molar refractivity (Wildman–Crippen MR) is 110 cm³/mol. The second-order valence-corrected chi connectivity index (χ2v) is 9.74. The number of sulfonamides is 1. The van der Waals surface area contributed by atoms with Crippen molar-refractivity contribution in [2.75, 3.05) is 0 Å². The lowest BCUT2D eigenvalue weighted by molar-refractivity contribution is -0.140. The van der Waals surface area contributed by atoms with E-state index in [9.17, 15) is 18.0 Å². The van der Waals surface area contributed by atoms with E-state index in [0.29, 0.717) is 16.8 Å². The third kappa shape index (κ3) is 4.02. The van der Waals surface area contributed by atoms with Crippen LogP contribution in [0.25, 0.3) is 0 Å². The number of carbonyl (C=O) groups excluding carboxylic acids is 2. The van der Waals surface area contributed by atoms with Crippen LogP contribution in [0.15, 0.2) is 47.5 Å². The molecule has 8 heteroatoms. The van der Waals surface area contributed by atoms with Crippen LogP contribution in [0.3, 0.4) is 0 Å². The van der Waals surface area contributed by atoms with Gasteiger partial charge in [-0.1, -0.05) is 31.0 Å². The Labute approximate surface area is 176 Å². The molecule has 2 heterocycles. The van der Waals surface area contributed by atoms with Crippen LogP contribution in [0.1, 0.15) is 42.5 Å². The summed E-state index contributed by atoms with van der Waals surface area (Å²) in [7, 11) is -3.77. The van der Waals surface area contributed by atoms with Gasteiger partial charge in [-0.3, -0.25) is 19.5 Å². The van der Waals surface area contributed by atoms with E-state index in [1.165, 1.54) is 4.90 Å². The molecule has 2 fully saturated rings. The van der Waals surface area contributed by atoms with Gasteiger partial charge in [-0.2, -0.15) is 0 Å². The van der Waals surface area contributed by atoms with Crippen molar-refractivity contribution < 1.29 is 18.0 Å². The van der Waals surface area contributed by atoms with Gasteiger partial charge in [0, 0.05) is 6.20 Å². The van der Waals surface area contributed by atoms with E-state index in [2.05, 4.69) is 9.71 Å². The summed E-state index contributed by atoms with van der Waals surface area (Å²) in [5, 5.41) is 0. The summed E-state index contributed by atoms with van der Waals surface area (Å²) in [6.45, 7) is 1.91. The van der Waals surface area contributed by atoms with Gasteiger partial charge in [-0.05, 0) is 49.1 Å². The molecule has 1 aromatic heterocycles. The van der Waals surface area contributed by atoms with E-state index in [-0.39, 0.29) is 41.6 Å². The van der Waals surface area contributed by atoms with Gasteiger partial charge in [0.25, 0.3) is 0 Å². The number of hydrogen-bond acceptors (Lipinski definition) is 5. The van der Waals surface area contributed by atoms with Gasteiger partial charge in [0.15, 0.2) is 0 Å². The van der Waals surface area contributed by atoms with Gasteiger partial charge in [0.1, 0.15) is 0 Å². The maximum absolute atomic E-state index is 12.9. The highest BCUT2D eigenvalue weighted by Gasteiger charge is 2.47. The summed E-state index contributed by atoms with van der Waals surface area (Å²) in [6, 6.07) is 10.3. The molecule has 7 nitrogen and oxygen atoms in total. The average molecular weight is 428 g/mol. The number of nitrogens with one attached hydrogen (secondary N) is 1. The van der Waals surface area contributed by atoms with Crippen molar-refractivity contribution in [1.29, 1.82) is 0 Å². The molecule has 2 aliphatic rings. The fourth-order valence-electron chi connectivity index (χ4n) is 4.35. The molecule has 0 bridgehead atoms. The molecule has 1 aromatic carbocycles. The van der Waals surface area contributed by atoms with Crippen molar-refractivity contribution in [3.63, 3.8) is 0 Å². The van der Waals surface area contributed by atoms with Crippen LogP contribution in [-0.4, -0.2) is 30.1 Å².